The van der Waals surface area contributed by atoms with Gasteiger partial charge in [-0.2, -0.15) is 0 Å². The van der Waals surface area contributed by atoms with Crippen LogP contribution in [0.3, 0.4) is 0 Å². The van der Waals surface area contributed by atoms with E-state index in [2.05, 4.69) is 10.6 Å². The topological polar surface area (TPSA) is 126 Å². The number of aliphatic hydroxyl groups is 1. The normalized spacial score (nSPS) is 28.5. The van der Waals surface area contributed by atoms with Gasteiger partial charge >= 0.3 is 0 Å². The zero-order valence-corrected chi connectivity index (χ0v) is 24.9. The second kappa shape index (κ2) is 11.6. The Kier molecular flexibility index (Phi) is 8.22. The van der Waals surface area contributed by atoms with Crippen LogP contribution in [0.1, 0.15) is 47.0 Å². The summed E-state index contributed by atoms with van der Waals surface area (Å²) in [5, 5.41) is 16.4. The molecule has 1 spiro atoms. The SMILES string of the molecule is CCOc1ccc(NC(=O)[C@@H]2[C@H]3C(=O)N([C@@H](CO)C(C)C)C(C(=O)Nc4ccc(OC)cc4)C34CC[C@@]2(CC)O4)cc1. The van der Waals surface area contributed by atoms with E-state index in [4.69, 9.17) is 14.2 Å². The highest BCUT2D eigenvalue weighted by atomic mass is 16.5. The van der Waals surface area contributed by atoms with E-state index < -0.39 is 41.0 Å². The molecule has 6 atom stereocenters. The molecule has 5 rings (SSSR count). The number of likely N-dealkylation sites (tertiary alicyclic amines) is 1. The standard InChI is InChI=1S/C32H41N3O7/c1-6-31-16-17-32(42-31)26(25(31)28(37)33-20-10-14-23(15-11-20)41-7-2)30(39)35(24(18-36)19(3)4)27(32)29(38)34-21-8-12-22(40-5)13-9-21/h8-15,19,24-27,36H,6-7,16-18H2,1-5H3,(H,33,37)(H,34,38)/t24-,25-,26-,27?,31+,32?/m0/s1. The Morgan fingerprint density at radius 2 is 1.60 bits per heavy atom. The average Bonchev–Trinajstić information content (AvgIpc) is 3.58. The number of aliphatic hydroxyl groups excluding tert-OH is 1. The van der Waals surface area contributed by atoms with Gasteiger partial charge in [-0.3, -0.25) is 14.4 Å². The summed E-state index contributed by atoms with van der Waals surface area (Å²) in [6.07, 6.45) is 1.51. The molecule has 3 aliphatic heterocycles. The molecule has 3 N–H and O–H groups in total. The molecule has 2 aromatic rings. The monoisotopic (exact) mass is 579 g/mol. The zero-order chi connectivity index (χ0) is 30.2. The van der Waals surface area contributed by atoms with Crippen molar-refractivity contribution < 1.29 is 33.7 Å². The highest BCUT2D eigenvalue weighted by Gasteiger charge is 2.79. The van der Waals surface area contributed by atoms with Crippen molar-refractivity contribution in [1.82, 2.24) is 4.90 Å². The first-order valence-electron chi connectivity index (χ1n) is 14.8. The quantitative estimate of drug-likeness (QED) is 0.369. The minimum absolute atomic E-state index is 0.140. The fourth-order valence-electron chi connectivity index (χ4n) is 7.24. The predicted molar refractivity (Wildman–Crippen MR) is 157 cm³/mol. The van der Waals surface area contributed by atoms with Crippen LogP contribution in [-0.4, -0.2) is 71.3 Å². The number of hydrogen-bond donors (Lipinski definition) is 3. The zero-order valence-electron chi connectivity index (χ0n) is 24.9. The van der Waals surface area contributed by atoms with Gasteiger partial charge in [0.2, 0.25) is 17.7 Å². The summed E-state index contributed by atoms with van der Waals surface area (Å²) in [5.74, 6) is -1.53. The van der Waals surface area contributed by atoms with Crippen molar-refractivity contribution in [3.63, 3.8) is 0 Å². The van der Waals surface area contributed by atoms with Gasteiger partial charge in [-0.25, -0.2) is 0 Å². The van der Waals surface area contributed by atoms with E-state index in [-0.39, 0.29) is 24.3 Å². The summed E-state index contributed by atoms with van der Waals surface area (Å²) in [5.41, 5.74) is -0.960. The molecule has 42 heavy (non-hydrogen) atoms. The van der Waals surface area contributed by atoms with E-state index in [0.29, 0.717) is 48.7 Å². The minimum Gasteiger partial charge on any atom is -0.497 e. The molecule has 2 aromatic carbocycles. The maximum atomic E-state index is 14.4. The van der Waals surface area contributed by atoms with Gasteiger partial charge in [-0.1, -0.05) is 20.8 Å². The fraction of sp³-hybridized carbons (Fsp3) is 0.531. The van der Waals surface area contributed by atoms with Crippen LogP contribution in [0, 0.1) is 17.8 Å². The van der Waals surface area contributed by atoms with Crippen molar-refractivity contribution in [3.8, 4) is 11.5 Å². The highest BCUT2D eigenvalue weighted by molar-refractivity contribution is 6.05. The van der Waals surface area contributed by atoms with E-state index in [0.717, 1.165) is 0 Å². The molecule has 0 aromatic heterocycles. The largest absolute Gasteiger partial charge is 0.497 e. The molecule has 3 amide bonds. The van der Waals surface area contributed by atoms with Crippen LogP contribution in [0.15, 0.2) is 48.5 Å². The van der Waals surface area contributed by atoms with Gasteiger partial charge in [-0.15, -0.1) is 0 Å². The summed E-state index contributed by atoms with van der Waals surface area (Å²) in [4.78, 5) is 44.1. The molecule has 3 heterocycles. The van der Waals surface area contributed by atoms with Gasteiger partial charge in [0.05, 0.1) is 43.8 Å². The Morgan fingerprint density at radius 3 is 2.12 bits per heavy atom. The smallest absolute Gasteiger partial charge is 0.250 e. The van der Waals surface area contributed by atoms with E-state index in [1.807, 2.05) is 27.7 Å². The van der Waals surface area contributed by atoms with Gasteiger partial charge in [0.25, 0.3) is 0 Å². The number of benzene rings is 2. The van der Waals surface area contributed by atoms with Crippen molar-refractivity contribution in [2.75, 3.05) is 31.0 Å². The van der Waals surface area contributed by atoms with Gasteiger partial charge in [0, 0.05) is 11.4 Å². The maximum absolute atomic E-state index is 14.4. The van der Waals surface area contributed by atoms with E-state index in [9.17, 15) is 19.5 Å². The lowest BCUT2D eigenvalue weighted by Gasteiger charge is -2.38. The Morgan fingerprint density at radius 1 is 1.00 bits per heavy atom. The molecule has 2 bridgehead atoms. The van der Waals surface area contributed by atoms with Gasteiger partial charge in [0.15, 0.2) is 0 Å². The van der Waals surface area contributed by atoms with Crippen molar-refractivity contribution in [2.24, 2.45) is 17.8 Å². The first kappa shape index (κ1) is 29.8. The first-order chi connectivity index (χ1) is 20.1. The van der Waals surface area contributed by atoms with Crippen LogP contribution in [0.5, 0.6) is 11.5 Å². The van der Waals surface area contributed by atoms with Crippen LogP contribution in [-0.2, 0) is 19.1 Å². The minimum atomic E-state index is -1.20. The number of nitrogens with zero attached hydrogens (tertiary/aromatic N) is 1. The number of rotatable bonds is 11. The number of carbonyl (C=O) groups is 3. The van der Waals surface area contributed by atoms with Crippen molar-refractivity contribution >= 4 is 29.1 Å². The number of nitrogens with one attached hydrogen (secondary N) is 2. The molecule has 0 saturated carbocycles. The summed E-state index contributed by atoms with van der Waals surface area (Å²) >= 11 is 0. The molecule has 3 aliphatic rings. The molecule has 0 radical (unpaired) electrons. The highest BCUT2D eigenvalue weighted by Crippen LogP contribution is 2.64. The second-order valence-corrected chi connectivity index (χ2v) is 11.7. The molecule has 3 fully saturated rings. The van der Waals surface area contributed by atoms with E-state index in [1.54, 1.807) is 55.6 Å². The lowest BCUT2D eigenvalue weighted by Crippen LogP contribution is -2.57. The third kappa shape index (κ3) is 4.80. The third-order valence-corrected chi connectivity index (χ3v) is 9.25. The maximum Gasteiger partial charge on any atom is 0.250 e. The molecular weight excluding hydrogens is 538 g/mol. The molecular formula is C32H41N3O7. The summed E-state index contributed by atoms with van der Waals surface area (Å²) in [6, 6.07) is 12.4. The van der Waals surface area contributed by atoms with Crippen molar-refractivity contribution in [2.45, 2.75) is 70.2 Å². The summed E-state index contributed by atoms with van der Waals surface area (Å²) in [7, 11) is 1.57. The van der Waals surface area contributed by atoms with E-state index >= 15 is 0 Å². The molecule has 226 valence electrons. The Bertz CT molecular complexity index is 1310. The Labute approximate surface area is 246 Å². The molecule has 3 saturated heterocycles. The second-order valence-electron chi connectivity index (χ2n) is 11.7. The lowest BCUT2D eigenvalue weighted by atomic mass is 9.65. The van der Waals surface area contributed by atoms with Crippen LogP contribution in [0.25, 0.3) is 0 Å². The Hall–Kier alpha value is -3.63. The van der Waals surface area contributed by atoms with Gasteiger partial charge < -0.3 is 34.9 Å². The van der Waals surface area contributed by atoms with Crippen molar-refractivity contribution in [1.29, 1.82) is 0 Å². The molecule has 2 unspecified atom stereocenters. The molecule has 10 nitrogen and oxygen atoms in total. The lowest BCUT2D eigenvalue weighted by molar-refractivity contribution is -0.149. The molecule has 0 aliphatic carbocycles. The Balaban J connectivity index is 1.51. The number of anilines is 2. The number of fused-ring (bicyclic) bond motifs is 1. The predicted octanol–water partition coefficient (Wildman–Crippen LogP) is 3.84. The number of amides is 3. The van der Waals surface area contributed by atoms with Crippen LogP contribution < -0.4 is 20.1 Å². The summed E-state index contributed by atoms with van der Waals surface area (Å²) < 4.78 is 17.6. The number of ether oxygens (including phenoxy) is 3. The van der Waals surface area contributed by atoms with Gasteiger partial charge in [0.1, 0.15) is 23.1 Å². The van der Waals surface area contributed by atoms with Crippen LogP contribution in [0.2, 0.25) is 0 Å². The molecule has 10 heteroatoms. The van der Waals surface area contributed by atoms with Crippen molar-refractivity contribution in [3.05, 3.63) is 48.5 Å². The summed E-state index contributed by atoms with van der Waals surface area (Å²) in [6.45, 7) is 7.88. The number of hydrogen-bond acceptors (Lipinski definition) is 7. The average molecular weight is 580 g/mol. The van der Waals surface area contributed by atoms with Crippen LogP contribution in [0.4, 0.5) is 11.4 Å². The third-order valence-electron chi connectivity index (χ3n) is 9.25. The van der Waals surface area contributed by atoms with Crippen LogP contribution >= 0.6 is 0 Å². The van der Waals surface area contributed by atoms with Gasteiger partial charge in [-0.05, 0) is 80.6 Å². The van der Waals surface area contributed by atoms with E-state index in [1.165, 1.54) is 4.90 Å². The number of carbonyl (C=O) groups excluding carboxylic acids is 3. The number of methoxy groups -OCH3 is 1. The fourth-order valence-corrected chi connectivity index (χ4v) is 7.24. The first-order valence-corrected chi connectivity index (χ1v) is 14.8.